The first-order chi connectivity index (χ1) is 9.81. The summed E-state index contributed by atoms with van der Waals surface area (Å²) in [6.07, 6.45) is 2.30. The van der Waals surface area contributed by atoms with Crippen LogP contribution in [0.4, 0.5) is 5.69 Å². The molecule has 2 rings (SSSR count). The highest BCUT2D eigenvalue weighted by Crippen LogP contribution is 2.29. The molecule has 1 aliphatic carbocycles. The number of primary amides is 1. The summed E-state index contributed by atoms with van der Waals surface area (Å²) in [5.74, 6) is -0.497. The Morgan fingerprint density at radius 2 is 1.86 bits per heavy atom. The molecule has 0 atom stereocenters. The maximum atomic E-state index is 12.4. The van der Waals surface area contributed by atoms with Crippen LogP contribution in [0.15, 0.2) is 23.1 Å². The Kier molecular flexibility index (Phi) is 4.75. The summed E-state index contributed by atoms with van der Waals surface area (Å²) in [6, 6.07) is 4.33. The van der Waals surface area contributed by atoms with E-state index in [1.807, 2.05) is 0 Å². The molecule has 0 radical (unpaired) electrons. The smallest absolute Gasteiger partial charge is 0.244 e. The number of carbonyl (C=O) groups excluding carboxylic acids is 1. The molecule has 0 bridgehead atoms. The number of hydrogen-bond acceptors (Lipinski definition) is 4. The molecule has 1 amide bonds. The van der Waals surface area contributed by atoms with Crippen LogP contribution in [0.25, 0.3) is 0 Å². The fraction of sp³-hybridized carbons (Fsp3) is 0.462. The van der Waals surface area contributed by atoms with Gasteiger partial charge in [-0.25, -0.2) is 13.1 Å². The van der Waals surface area contributed by atoms with E-state index in [9.17, 15) is 13.2 Å². The number of hydrogen-bond donors (Lipinski definition) is 3. The molecular weight excluding hydrogens is 314 g/mol. The topological polar surface area (TPSA) is 115 Å². The van der Waals surface area contributed by atoms with Crippen LogP contribution in [-0.4, -0.2) is 20.4 Å². The largest absolute Gasteiger partial charge is 0.398 e. The SMILES string of the molecule is NC(=O)C1CCC(NS(=O)(=O)c2c(N)cccc2Cl)CC1. The van der Waals surface area contributed by atoms with Crippen molar-refractivity contribution < 1.29 is 13.2 Å². The van der Waals surface area contributed by atoms with E-state index in [4.69, 9.17) is 23.1 Å². The second-order valence-electron chi connectivity index (χ2n) is 5.23. The molecule has 0 spiro atoms. The Morgan fingerprint density at radius 3 is 2.38 bits per heavy atom. The van der Waals surface area contributed by atoms with Gasteiger partial charge >= 0.3 is 0 Å². The summed E-state index contributed by atoms with van der Waals surface area (Å²) in [4.78, 5) is 11.0. The number of halogens is 1. The zero-order chi connectivity index (χ0) is 15.6. The van der Waals surface area contributed by atoms with Crippen molar-refractivity contribution >= 4 is 33.2 Å². The number of nitrogens with one attached hydrogen (secondary N) is 1. The summed E-state index contributed by atoms with van der Waals surface area (Å²) in [5.41, 5.74) is 11.1. The molecule has 1 aliphatic rings. The van der Waals surface area contributed by atoms with Crippen LogP contribution in [0.2, 0.25) is 5.02 Å². The maximum absolute atomic E-state index is 12.4. The lowest BCUT2D eigenvalue weighted by molar-refractivity contribution is -0.122. The van der Waals surface area contributed by atoms with Crippen LogP contribution < -0.4 is 16.2 Å². The Morgan fingerprint density at radius 1 is 1.24 bits per heavy atom. The van der Waals surface area contributed by atoms with Gasteiger partial charge in [-0.3, -0.25) is 4.79 Å². The summed E-state index contributed by atoms with van der Waals surface area (Å²) >= 11 is 5.94. The van der Waals surface area contributed by atoms with Gasteiger partial charge in [-0.2, -0.15) is 0 Å². The summed E-state index contributed by atoms with van der Waals surface area (Å²) in [5, 5.41) is 0.0910. The van der Waals surface area contributed by atoms with Gasteiger partial charge in [-0.1, -0.05) is 17.7 Å². The quantitative estimate of drug-likeness (QED) is 0.720. The third kappa shape index (κ3) is 3.66. The van der Waals surface area contributed by atoms with Crippen molar-refractivity contribution in [2.45, 2.75) is 36.6 Å². The van der Waals surface area contributed by atoms with Crippen molar-refractivity contribution in [3.8, 4) is 0 Å². The van der Waals surface area contributed by atoms with Gasteiger partial charge in [0.1, 0.15) is 4.90 Å². The van der Waals surface area contributed by atoms with Crippen LogP contribution in [0.3, 0.4) is 0 Å². The Balaban J connectivity index is 2.11. The molecule has 8 heteroatoms. The van der Waals surface area contributed by atoms with Crippen LogP contribution in [-0.2, 0) is 14.8 Å². The predicted octanol–water partition coefficient (Wildman–Crippen LogP) is 1.24. The average Bonchev–Trinajstić information content (AvgIpc) is 2.38. The fourth-order valence-electron chi connectivity index (χ4n) is 2.58. The van der Waals surface area contributed by atoms with Crippen molar-refractivity contribution in [2.24, 2.45) is 11.7 Å². The number of sulfonamides is 1. The lowest BCUT2D eigenvalue weighted by Gasteiger charge is -2.27. The third-order valence-electron chi connectivity index (χ3n) is 3.72. The lowest BCUT2D eigenvalue weighted by atomic mass is 9.86. The summed E-state index contributed by atoms with van der Waals surface area (Å²) in [7, 11) is -3.78. The number of anilines is 1. The van der Waals surface area contributed by atoms with E-state index >= 15 is 0 Å². The van der Waals surface area contributed by atoms with Crippen molar-refractivity contribution in [3.05, 3.63) is 23.2 Å². The number of amides is 1. The highest BCUT2D eigenvalue weighted by molar-refractivity contribution is 7.89. The molecule has 5 N–H and O–H groups in total. The van der Waals surface area contributed by atoms with E-state index in [1.165, 1.54) is 12.1 Å². The molecule has 1 saturated carbocycles. The molecule has 1 aromatic carbocycles. The normalized spacial score (nSPS) is 22.9. The van der Waals surface area contributed by atoms with Crippen molar-refractivity contribution in [3.63, 3.8) is 0 Å². The first kappa shape index (κ1) is 16.1. The average molecular weight is 332 g/mol. The zero-order valence-electron chi connectivity index (χ0n) is 11.4. The number of nitrogen functional groups attached to an aromatic ring is 1. The van der Waals surface area contributed by atoms with Crippen LogP contribution in [0.1, 0.15) is 25.7 Å². The molecule has 0 aliphatic heterocycles. The minimum atomic E-state index is -3.78. The molecule has 6 nitrogen and oxygen atoms in total. The summed E-state index contributed by atoms with van der Waals surface area (Å²) < 4.78 is 27.4. The molecule has 21 heavy (non-hydrogen) atoms. The van der Waals surface area contributed by atoms with Gasteiger partial charge < -0.3 is 11.5 Å². The molecule has 0 saturated heterocycles. The van der Waals surface area contributed by atoms with Gasteiger partial charge in [0.2, 0.25) is 15.9 Å². The van der Waals surface area contributed by atoms with E-state index in [1.54, 1.807) is 6.07 Å². The van der Waals surface area contributed by atoms with E-state index in [-0.39, 0.29) is 33.5 Å². The van der Waals surface area contributed by atoms with Crippen molar-refractivity contribution in [2.75, 3.05) is 5.73 Å². The minimum Gasteiger partial charge on any atom is -0.398 e. The van der Waals surface area contributed by atoms with Gasteiger partial charge in [0, 0.05) is 12.0 Å². The minimum absolute atomic E-state index is 0.0910. The second-order valence-corrected chi connectivity index (χ2v) is 7.29. The van der Waals surface area contributed by atoms with E-state index in [0.717, 1.165) is 0 Å². The molecule has 0 heterocycles. The monoisotopic (exact) mass is 331 g/mol. The Labute approximate surface area is 128 Å². The molecule has 116 valence electrons. The number of carbonyl (C=O) groups is 1. The standard InChI is InChI=1S/C13H18ClN3O3S/c14-10-2-1-3-11(15)12(10)21(19,20)17-9-6-4-8(5-7-9)13(16)18/h1-3,8-9,17H,4-7,15H2,(H2,16,18). The van der Waals surface area contributed by atoms with Gasteiger partial charge in [-0.05, 0) is 37.8 Å². The van der Waals surface area contributed by atoms with E-state index in [0.29, 0.717) is 25.7 Å². The Bertz CT molecular complexity index is 620. The predicted molar refractivity (Wildman–Crippen MR) is 81.1 cm³/mol. The highest BCUT2D eigenvalue weighted by Gasteiger charge is 2.29. The maximum Gasteiger partial charge on any atom is 0.244 e. The molecule has 1 aromatic rings. The molecule has 0 aromatic heterocycles. The number of benzene rings is 1. The first-order valence-corrected chi connectivity index (χ1v) is 8.53. The number of nitrogens with two attached hydrogens (primary N) is 2. The van der Waals surface area contributed by atoms with E-state index in [2.05, 4.69) is 4.72 Å². The van der Waals surface area contributed by atoms with E-state index < -0.39 is 10.0 Å². The molecule has 0 unspecified atom stereocenters. The second kappa shape index (κ2) is 6.21. The van der Waals surface area contributed by atoms with Crippen LogP contribution >= 0.6 is 11.6 Å². The van der Waals surface area contributed by atoms with Gasteiger partial charge in [0.05, 0.1) is 10.7 Å². The van der Waals surface area contributed by atoms with Crippen LogP contribution in [0, 0.1) is 5.92 Å². The van der Waals surface area contributed by atoms with Gasteiger partial charge in [0.15, 0.2) is 0 Å². The van der Waals surface area contributed by atoms with Crippen LogP contribution in [0.5, 0.6) is 0 Å². The first-order valence-electron chi connectivity index (χ1n) is 6.67. The molecular formula is C13H18ClN3O3S. The third-order valence-corrected chi connectivity index (χ3v) is 5.78. The van der Waals surface area contributed by atoms with Crippen molar-refractivity contribution in [1.29, 1.82) is 0 Å². The fourth-order valence-corrected chi connectivity index (χ4v) is 4.57. The Hall–Kier alpha value is -1.31. The van der Waals surface area contributed by atoms with Crippen molar-refractivity contribution in [1.82, 2.24) is 4.72 Å². The summed E-state index contributed by atoms with van der Waals surface area (Å²) in [6.45, 7) is 0. The number of rotatable bonds is 4. The zero-order valence-corrected chi connectivity index (χ0v) is 13.0. The van der Waals surface area contributed by atoms with Gasteiger partial charge in [0.25, 0.3) is 0 Å². The lowest BCUT2D eigenvalue weighted by Crippen LogP contribution is -2.40. The molecule has 1 fully saturated rings. The highest BCUT2D eigenvalue weighted by atomic mass is 35.5. The van der Waals surface area contributed by atoms with Gasteiger partial charge in [-0.15, -0.1) is 0 Å².